The number of carbonyl (C=O) groups excluding carboxylic acids is 1. The van der Waals surface area contributed by atoms with Crippen LogP contribution in [0.2, 0.25) is 0 Å². The monoisotopic (exact) mass is 326 g/mol. The molecule has 1 amide bonds. The van der Waals surface area contributed by atoms with Gasteiger partial charge in [-0.1, -0.05) is 35.2 Å². The summed E-state index contributed by atoms with van der Waals surface area (Å²) in [6.07, 6.45) is 0. The maximum absolute atomic E-state index is 12.7. The van der Waals surface area contributed by atoms with Gasteiger partial charge in [0, 0.05) is 13.1 Å². The van der Waals surface area contributed by atoms with Gasteiger partial charge in [-0.05, 0) is 24.6 Å². The first-order valence-electron chi connectivity index (χ1n) is 6.38. The lowest BCUT2D eigenvalue weighted by Crippen LogP contribution is -2.24. The lowest BCUT2D eigenvalue weighted by atomic mass is 10.2. The van der Waals surface area contributed by atoms with E-state index in [1.165, 1.54) is 35.2 Å². The van der Waals surface area contributed by atoms with Crippen LogP contribution in [0, 0.1) is 5.82 Å². The van der Waals surface area contributed by atoms with E-state index in [0.29, 0.717) is 6.54 Å². The molecule has 5 nitrogen and oxygen atoms in total. The van der Waals surface area contributed by atoms with Crippen LogP contribution in [-0.4, -0.2) is 28.4 Å². The van der Waals surface area contributed by atoms with E-state index in [4.69, 9.17) is 0 Å². The highest BCUT2D eigenvalue weighted by atomic mass is 32.2. The Balaban J connectivity index is 1.72. The second-order valence-electron chi connectivity index (χ2n) is 4.10. The maximum Gasteiger partial charge on any atom is 0.230 e. The molecule has 2 N–H and O–H groups in total. The van der Waals surface area contributed by atoms with Crippen molar-refractivity contribution in [1.29, 1.82) is 0 Å². The normalized spacial score (nSPS) is 10.4. The standard InChI is InChI=1S/C13H15FN4OS2/c1-2-15-12-17-18-13(21-12)20-8-11(19)16-7-9-3-5-10(14)6-4-9/h3-6H,2,7-8H2,1H3,(H,15,17)(H,16,19). The van der Waals surface area contributed by atoms with E-state index in [-0.39, 0.29) is 17.5 Å². The molecule has 1 aromatic heterocycles. The lowest BCUT2D eigenvalue weighted by molar-refractivity contribution is -0.118. The number of carbonyl (C=O) groups is 1. The molecular weight excluding hydrogens is 311 g/mol. The third-order valence-corrected chi connectivity index (χ3v) is 4.48. The van der Waals surface area contributed by atoms with E-state index in [0.717, 1.165) is 21.6 Å². The fraction of sp³-hybridized carbons (Fsp3) is 0.308. The number of anilines is 1. The Morgan fingerprint density at radius 1 is 1.33 bits per heavy atom. The Bertz CT molecular complexity index is 588. The van der Waals surface area contributed by atoms with Crippen molar-refractivity contribution in [3.63, 3.8) is 0 Å². The third kappa shape index (κ3) is 5.31. The molecule has 0 aliphatic heterocycles. The highest BCUT2D eigenvalue weighted by molar-refractivity contribution is 8.01. The number of hydrogen-bond donors (Lipinski definition) is 2. The minimum Gasteiger partial charge on any atom is -0.360 e. The number of halogens is 1. The van der Waals surface area contributed by atoms with Crippen LogP contribution in [0.15, 0.2) is 28.6 Å². The average molecular weight is 326 g/mol. The summed E-state index contributed by atoms with van der Waals surface area (Å²) in [6.45, 7) is 3.16. The molecule has 8 heteroatoms. The van der Waals surface area contributed by atoms with Crippen molar-refractivity contribution in [2.75, 3.05) is 17.6 Å². The van der Waals surface area contributed by atoms with Crippen molar-refractivity contribution < 1.29 is 9.18 Å². The van der Waals surface area contributed by atoms with Crippen molar-refractivity contribution in [3.8, 4) is 0 Å². The molecule has 0 aliphatic carbocycles. The smallest absolute Gasteiger partial charge is 0.230 e. The minimum atomic E-state index is -0.284. The molecule has 0 bridgehead atoms. The fourth-order valence-electron chi connectivity index (χ4n) is 1.47. The van der Waals surface area contributed by atoms with Crippen LogP contribution < -0.4 is 10.6 Å². The first-order chi connectivity index (χ1) is 10.2. The van der Waals surface area contributed by atoms with E-state index >= 15 is 0 Å². The summed E-state index contributed by atoms with van der Waals surface area (Å²) in [6, 6.07) is 6.05. The van der Waals surface area contributed by atoms with Crippen LogP contribution >= 0.6 is 23.1 Å². The third-order valence-electron chi connectivity index (χ3n) is 2.46. The predicted molar refractivity (Wildman–Crippen MR) is 83.0 cm³/mol. The summed E-state index contributed by atoms with van der Waals surface area (Å²) in [7, 11) is 0. The van der Waals surface area contributed by atoms with E-state index in [1.807, 2.05) is 6.92 Å². The number of nitrogens with zero attached hydrogens (tertiary/aromatic N) is 2. The molecule has 0 atom stereocenters. The number of amides is 1. The van der Waals surface area contributed by atoms with Crippen molar-refractivity contribution >= 4 is 34.1 Å². The van der Waals surface area contributed by atoms with Gasteiger partial charge < -0.3 is 10.6 Å². The molecule has 2 aromatic rings. The second-order valence-corrected chi connectivity index (χ2v) is 6.30. The molecule has 0 unspecified atom stereocenters. The van der Waals surface area contributed by atoms with Gasteiger partial charge in [0.05, 0.1) is 5.75 Å². The van der Waals surface area contributed by atoms with Gasteiger partial charge in [0.2, 0.25) is 11.0 Å². The van der Waals surface area contributed by atoms with E-state index in [1.54, 1.807) is 12.1 Å². The van der Waals surface area contributed by atoms with Gasteiger partial charge in [0.15, 0.2) is 4.34 Å². The van der Waals surface area contributed by atoms with Crippen LogP contribution in [0.4, 0.5) is 9.52 Å². The Morgan fingerprint density at radius 2 is 2.10 bits per heavy atom. The van der Waals surface area contributed by atoms with E-state index in [9.17, 15) is 9.18 Å². The zero-order valence-electron chi connectivity index (χ0n) is 11.4. The molecule has 0 radical (unpaired) electrons. The highest BCUT2D eigenvalue weighted by Crippen LogP contribution is 2.24. The lowest BCUT2D eigenvalue weighted by Gasteiger charge is -2.04. The summed E-state index contributed by atoms with van der Waals surface area (Å²) in [4.78, 5) is 11.7. The number of hydrogen-bond acceptors (Lipinski definition) is 6. The first-order valence-corrected chi connectivity index (χ1v) is 8.19. The number of nitrogens with one attached hydrogen (secondary N) is 2. The Morgan fingerprint density at radius 3 is 2.81 bits per heavy atom. The summed E-state index contributed by atoms with van der Waals surface area (Å²) < 4.78 is 13.5. The van der Waals surface area contributed by atoms with Gasteiger partial charge in [0.1, 0.15) is 5.82 Å². The molecule has 112 valence electrons. The van der Waals surface area contributed by atoms with Gasteiger partial charge >= 0.3 is 0 Å². The van der Waals surface area contributed by atoms with Gasteiger partial charge in [-0.3, -0.25) is 4.79 Å². The summed E-state index contributed by atoms with van der Waals surface area (Å²) in [5.74, 6) is -0.0972. The Labute approximate surface area is 130 Å². The maximum atomic E-state index is 12.7. The zero-order chi connectivity index (χ0) is 15.1. The summed E-state index contributed by atoms with van der Waals surface area (Å²) >= 11 is 2.77. The second kappa shape index (κ2) is 7.94. The Hall–Kier alpha value is -1.67. The largest absolute Gasteiger partial charge is 0.360 e. The molecule has 1 heterocycles. The van der Waals surface area contributed by atoms with Crippen molar-refractivity contribution in [2.45, 2.75) is 17.8 Å². The van der Waals surface area contributed by atoms with Crippen LogP contribution in [-0.2, 0) is 11.3 Å². The molecule has 0 aliphatic rings. The molecule has 0 saturated heterocycles. The van der Waals surface area contributed by atoms with Gasteiger partial charge in [0.25, 0.3) is 0 Å². The van der Waals surface area contributed by atoms with Crippen LogP contribution in [0.3, 0.4) is 0 Å². The van der Waals surface area contributed by atoms with E-state index < -0.39 is 0 Å². The van der Waals surface area contributed by atoms with Crippen LogP contribution in [0.1, 0.15) is 12.5 Å². The molecule has 0 fully saturated rings. The van der Waals surface area contributed by atoms with E-state index in [2.05, 4.69) is 20.8 Å². The molecular formula is C13H15FN4OS2. The summed E-state index contributed by atoms with van der Waals surface area (Å²) in [5.41, 5.74) is 0.861. The molecule has 0 spiro atoms. The SMILES string of the molecule is CCNc1nnc(SCC(=O)NCc2ccc(F)cc2)s1. The quantitative estimate of drug-likeness (QED) is 0.765. The van der Waals surface area contributed by atoms with Crippen LogP contribution in [0.25, 0.3) is 0 Å². The average Bonchev–Trinajstić information content (AvgIpc) is 2.93. The number of benzene rings is 1. The first kappa shape index (κ1) is 15.7. The van der Waals surface area contributed by atoms with Crippen molar-refractivity contribution in [2.24, 2.45) is 0 Å². The van der Waals surface area contributed by atoms with Gasteiger partial charge in [-0.2, -0.15) is 0 Å². The molecule has 1 aromatic carbocycles. The number of aromatic nitrogens is 2. The molecule has 21 heavy (non-hydrogen) atoms. The van der Waals surface area contributed by atoms with Crippen molar-refractivity contribution in [1.82, 2.24) is 15.5 Å². The molecule has 0 saturated carbocycles. The highest BCUT2D eigenvalue weighted by Gasteiger charge is 2.07. The number of rotatable bonds is 7. The fourth-order valence-corrected chi connectivity index (χ4v) is 3.12. The Kier molecular flexibility index (Phi) is 5.94. The minimum absolute atomic E-state index is 0.0930. The topological polar surface area (TPSA) is 66.9 Å². The zero-order valence-corrected chi connectivity index (χ0v) is 13.1. The molecule has 2 rings (SSSR count). The van der Waals surface area contributed by atoms with Crippen molar-refractivity contribution in [3.05, 3.63) is 35.6 Å². The van der Waals surface area contributed by atoms with Crippen LogP contribution in [0.5, 0.6) is 0 Å². The predicted octanol–water partition coefficient (Wildman–Crippen LogP) is 2.52. The summed E-state index contributed by atoms with van der Waals surface area (Å²) in [5, 5.41) is 14.5. The van der Waals surface area contributed by atoms with Gasteiger partial charge in [-0.25, -0.2) is 4.39 Å². The number of thioether (sulfide) groups is 1. The van der Waals surface area contributed by atoms with Gasteiger partial charge in [-0.15, -0.1) is 10.2 Å².